The van der Waals surface area contributed by atoms with Gasteiger partial charge in [-0.2, -0.15) is 4.99 Å². The van der Waals surface area contributed by atoms with E-state index in [1.54, 1.807) is 0 Å². The van der Waals surface area contributed by atoms with Crippen molar-refractivity contribution in [2.75, 3.05) is 26.3 Å². The van der Waals surface area contributed by atoms with E-state index >= 15 is 0 Å². The second-order valence-corrected chi connectivity index (χ2v) is 3.06. The summed E-state index contributed by atoms with van der Waals surface area (Å²) < 4.78 is 0. The molecule has 86 valence electrons. The molecule has 0 aliphatic carbocycles. The Hall–Kier alpha value is -1.30. The summed E-state index contributed by atoms with van der Waals surface area (Å²) >= 11 is 0. The van der Waals surface area contributed by atoms with E-state index < -0.39 is 0 Å². The third-order valence-electron chi connectivity index (χ3n) is 1.85. The number of guanidine groups is 2. The molecule has 3 N–H and O–H groups in total. The molecular formula is C9H20N6. The van der Waals surface area contributed by atoms with Crippen LogP contribution in [0.2, 0.25) is 0 Å². The number of nitrogens with one attached hydrogen (secondary N) is 3. The fraction of sp³-hybridized carbons (Fsp3) is 0.778. The lowest BCUT2D eigenvalue weighted by molar-refractivity contribution is 0.309. The van der Waals surface area contributed by atoms with Gasteiger partial charge < -0.3 is 10.6 Å². The SMILES string of the molecule is CCNC1=NCN(NCC)C(NCC)=N1. The molecule has 6 heteroatoms. The predicted molar refractivity (Wildman–Crippen MR) is 62.6 cm³/mol. The van der Waals surface area contributed by atoms with Crippen molar-refractivity contribution in [1.29, 1.82) is 0 Å². The fourth-order valence-corrected chi connectivity index (χ4v) is 1.26. The maximum Gasteiger partial charge on any atom is 0.223 e. The van der Waals surface area contributed by atoms with Gasteiger partial charge in [0, 0.05) is 19.6 Å². The minimum Gasteiger partial charge on any atom is -0.355 e. The van der Waals surface area contributed by atoms with E-state index in [1.165, 1.54) is 0 Å². The van der Waals surface area contributed by atoms with Gasteiger partial charge in [0.2, 0.25) is 11.9 Å². The molecule has 0 aromatic carbocycles. The summed E-state index contributed by atoms with van der Waals surface area (Å²) in [4.78, 5) is 8.66. The van der Waals surface area contributed by atoms with E-state index in [-0.39, 0.29) is 0 Å². The van der Waals surface area contributed by atoms with Crippen LogP contribution in [0.15, 0.2) is 9.98 Å². The van der Waals surface area contributed by atoms with E-state index in [9.17, 15) is 0 Å². The first-order valence-electron chi connectivity index (χ1n) is 5.43. The summed E-state index contributed by atoms with van der Waals surface area (Å²) in [5.74, 6) is 1.52. The molecule has 15 heavy (non-hydrogen) atoms. The Kier molecular flexibility index (Phi) is 4.89. The Balaban J connectivity index is 2.63. The van der Waals surface area contributed by atoms with Gasteiger partial charge in [0.15, 0.2) is 0 Å². The minimum absolute atomic E-state index is 0.585. The van der Waals surface area contributed by atoms with Gasteiger partial charge in [0.05, 0.1) is 0 Å². The zero-order valence-electron chi connectivity index (χ0n) is 9.67. The predicted octanol–water partition coefficient (Wildman–Crippen LogP) is -0.285. The summed E-state index contributed by atoms with van der Waals surface area (Å²) in [5, 5.41) is 8.21. The highest BCUT2D eigenvalue weighted by Crippen LogP contribution is 1.95. The van der Waals surface area contributed by atoms with Gasteiger partial charge in [-0.3, -0.25) is 5.01 Å². The molecule has 0 bridgehead atoms. The average molecular weight is 212 g/mol. The summed E-state index contributed by atoms with van der Waals surface area (Å²) in [7, 11) is 0. The van der Waals surface area contributed by atoms with Gasteiger partial charge in [-0.1, -0.05) is 6.92 Å². The molecule has 1 rings (SSSR count). The van der Waals surface area contributed by atoms with Gasteiger partial charge in [0.1, 0.15) is 6.67 Å². The van der Waals surface area contributed by atoms with Crippen molar-refractivity contribution in [1.82, 2.24) is 21.1 Å². The molecule has 1 aliphatic heterocycles. The molecule has 0 amide bonds. The molecule has 6 nitrogen and oxygen atoms in total. The van der Waals surface area contributed by atoms with Gasteiger partial charge in [-0.15, -0.1) is 0 Å². The van der Waals surface area contributed by atoms with Crippen molar-refractivity contribution >= 4 is 11.9 Å². The van der Waals surface area contributed by atoms with Crippen molar-refractivity contribution in [3.8, 4) is 0 Å². The Morgan fingerprint density at radius 3 is 2.47 bits per heavy atom. The molecule has 0 aromatic heterocycles. The zero-order chi connectivity index (χ0) is 11.1. The number of rotatable bonds is 4. The molecule has 0 fully saturated rings. The quantitative estimate of drug-likeness (QED) is 0.599. The maximum atomic E-state index is 4.37. The van der Waals surface area contributed by atoms with E-state index in [0.29, 0.717) is 12.6 Å². The molecule has 1 aliphatic rings. The molecule has 0 atom stereocenters. The van der Waals surface area contributed by atoms with Crippen LogP contribution in [0.1, 0.15) is 20.8 Å². The van der Waals surface area contributed by atoms with E-state index in [1.807, 2.05) is 25.8 Å². The molecule has 0 unspecified atom stereocenters. The van der Waals surface area contributed by atoms with Crippen molar-refractivity contribution in [3.05, 3.63) is 0 Å². The van der Waals surface area contributed by atoms with Gasteiger partial charge in [0.25, 0.3) is 0 Å². The Morgan fingerprint density at radius 2 is 1.87 bits per heavy atom. The van der Waals surface area contributed by atoms with E-state index in [0.717, 1.165) is 25.6 Å². The zero-order valence-corrected chi connectivity index (χ0v) is 9.67. The lowest BCUT2D eigenvalue weighted by atomic mass is 10.6. The Labute approximate surface area is 90.8 Å². The van der Waals surface area contributed by atoms with Crippen LogP contribution in [0.25, 0.3) is 0 Å². The van der Waals surface area contributed by atoms with Crippen LogP contribution in [-0.4, -0.2) is 43.2 Å². The van der Waals surface area contributed by atoms with Crippen LogP contribution in [0.5, 0.6) is 0 Å². The largest absolute Gasteiger partial charge is 0.355 e. The summed E-state index contributed by atoms with van der Waals surface area (Å²) in [6.45, 7) is 9.25. The lowest BCUT2D eigenvalue weighted by Gasteiger charge is -2.27. The van der Waals surface area contributed by atoms with E-state index in [4.69, 9.17) is 0 Å². The highest BCUT2D eigenvalue weighted by atomic mass is 15.6. The number of hydrogen-bond acceptors (Lipinski definition) is 6. The standard InChI is InChI=1S/C9H20N6/c1-4-10-8-12-7-15(13-6-3)9(14-8)11-5-2/h13H,4-7H2,1-3H3,(H2,10,11,12,14). The highest BCUT2D eigenvalue weighted by Gasteiger charge is 2.14. The van der Waals surface area contributed by atoms with Crippen molar-refractivity contribution in [2.45, 2.75) is 20.8 Å². The molecule has 0 spiro atoms. The lowest BCUT2D eigenvalue weighted by Crippen LogP contribution is -2.52. The Morgan fingerprint density at radius 1 is 1.13 bits per heavy atom. The topological polar surface area (TPSA) is 64.1 Å². The molecule has 0 aromatic rings. The van der Waals surface area contributed by atoms with Crippen molar-refractivity contribution < 1.29 is 0 Å². The van der Waals surface area contributed by atoms with Crippen LogP contribution in [-0.2, 0) is 0 Å². The number of aliphatic imine (C=N–C) groups is 2. The minimum atomic E-state index is 0.585. The fourth-order valence-electron chi connectivity index (χ4n) is 1.26. The van der Waals surface area contributed by atoms with Crippen molar-refractivity contribution in [2.24, 2.45) is 9.98 Å². The molecule has 1 heterocycles. The average Bonchev–Trinajstić information content (AvgIpc) is 2.23. The monoisotopic (exact) mass is 212 g/mol. The number of nitrogens with zero attached hydrogens (tertiary/aromatic N) is 3. The Bertz CT molecular complexity index is 247. The maximum absolute atomic E-state index is 4.37. The summed E-state index contributed by atoms with van der Waals surface area (Å²) in [6.07, 6.45) is 0. The van der Waals surface area contributed by atoms with Gasteiger partial charge >= 0.3 is 0 Å². The highest BCUT2D eigenvalue weighted by molar-refractivity contribution is 5.96. The second-order valence-electron chi connectivity index (χ2n) is 3.06. The van der Waals surface area contributed by atoms with Crippen molar-refractivity contribution in [3.63, 3.8) is 0 Å². The molecular weight excluding hydrogens is 192 g/mol. The second kappa shape index (κ2) is 6.23. The smallest absolute Gasteiger partial charge is 0.223 e. The molecule has 0 saturated heterocycles. The normalized spacial score (nSPS) is 15.8. The van der Waals surface area contributed by atoms with Crippen LogP contribution < -0.4 is 16.1 Å². The van der Waals surface area contributed by atoms with Crippen LogP contribution in [0.3, 0.4) is 0 Å². The summed E-state index contributed by atoms with van der Waals surface area (Å²) in [6, 6.07) is 0. The first kappa shape index (κ1) is 11.8. The number of hydrazine groups is 1. The van der Waals surface area contributed by atoms with Crippen LogP contribution in [0.4, 0.5) is 0 Å². The van der Waals surface area contributed by atoms with Gasteiger partial charge in [-0.05, 0) is 13.8 Å². The third kappa shape index (κ3) is 3.39. The van der Waals surface area contributed by atoms with Crippen LogP contribution >= 0.6 is 0 Å². The first-order chi connectivity index (χ1) is 7.31. The third-order valence-corrected chi connectivity index (χ3v) is 1.85. The summed E-state index contributed by atoms with van der Waals surface area (Å²) in [5.41, 5.74) is 3.19. The van der Waals surface area contributed by atoms with Gasteiger partial charge in [-0.25, -0.2) is 10.4 Å². The van der Waals surface area contributed by atoms with Crippen LogP contribution in [0, 0.1) is 0 Å². The van der Waals surface area contributed by atoms with E-state index in [2.05, 4.69) is 26.0 Å². The molecule has 0 saturated carbocycles. The first-order valence-corrected chi connectivity index (χ1v) is 5.43. The molecule has 0 radical (unpaired) electrons. The number of hydrogen-bond donors (Lipinski definition) is 3.